The van der Waals surface area contributed by atoms with Gasteiger partial charge in [0.05, 0.1) is 0 Å². The molecule has 0 aliphatic carbocycles. The number of aliphatic imine (C=N–C) groups is 2. The lowest BCUT2D eigenvalue weighted by Gasteiger charge is -2.10. The maximum Gasteiger partial charge on any atom is 0.159 e. The van der Waals surface area contributed by atoms with Crippen LogP contribution in [0.3, 0.4) is 0 Å². The summed E-state index contributed by atoms with van der Waals surface area (Å²) in [4.78, 5) is 7.85. The van der Waals surface area contributed by atoms with E-state index in [1.54, 1.807) is 6.07 Å². The highest BCUT2D eigenvalue weighted by atomic mass is 32.2. The predicted molar refractivity (Wildman–Crippen MR) is 124 cm³/mol. The third-order valence-corrected chi connectivity index (χ3v) is 5.88. The van der Waals surface area contributed by atoms with Crippen LogP contribution in [0.25, 0.3) is 0 Å². The van der Waals surface area contributed by atoms with Gasteiger partial charge in [-0.15, -0.1) is 0 Å². The Morgan fingerprint density at radius 1 is 0.606 bits per heavy atom. The molecule has 0 radical (unpaired) electrons. The quantitative estimate of drug-likeness (QED) is 0.244. The minimum Gasteiger partial charge on any atom is -0.378 e. The van der Waals surface area contributed by atoms with Gasteiger partial charge >= 0.3 is 0 Å². The van der Waals surface area contributed by atoms with Gasteiger partial charge in [0, 0.05) is 23.6 Å². The van der Waals surface area contributed by atoms with Crippen molar-refractivity contribution in [1.82, 2.24) is 0 Å². The molecule has 0 aromatic heterocycles. The molecular weight excluding hydrogens is 479 g/mol. The van der Waals surface area contributed by atoms with E-state index in [2.05, 4.69) is 9.98 Å². The fourth-order valence-corrected chi connectivity index (χ4v) is 4.10. The molecule has 11 heteroatoms. The van der Waals surface area contributed by atoms with Gasteiger partial charge in [-0.05, 0) is 47.5 Å². The molecule has 0 unspecified atom stereocenters. The van der Waals surface area contributed by atoms with Crippen molar-refractivity contribution < 1.29 is 22.0 Å². The van der Waals surface area contributed by atoms with Crippen LogP contribution in [0.1, 0.15) is 11.1 Å². The Hall–Kier alpha value is -3.05. The van der Waals surface area contributed by atoms with Crippen molar-refractivity contribution in [3.63, 3.8) is 0 Å². The summed E-state index contributed by atoms with van der Waals surface area (Å²) in [6.45, 7) is 0. The third-order valence-electron chi connectivity index (χ3n) is 4.20. The average molecular weight is 497 g/mol. The molecule has 0 bridgehead atoms. The van der Waals surface area contributed by atoms with Crippen molar-refractivity contribution in [3.05, 3.63) is 94.8 Å². The van der Waals surface area contributed by atoms with Crippen LogP contribution in [-0.2, 0) is 11.5 Å². The van der Waals surface area contributed by atoms with Crippen LogP contribution in [0.4, 0.5) is 33.3 Å². The highest BCUT2D eigenvalue weighted by Crippen LogP contribution is 2.26. The Labute approximate surface area is 195 Å². The number of hydrogen-bond donors (Lipinski definition) is 2. The van der Waals surface area contributed by atoms with E-state index >= 15 is 0 Å². The van der Waals surface area contributed by atoms with E-state index in [4.69, 9.17) is 11.5 Å². The van der Waals surface area contributed by atoms with Crippen molar-refractivity contribution >= 4 is 45.2 Å². The van der Waals surface area contributed by atoms with Gasteiger partial charge in [-0.25, -0.2) is 31.9 Å². The van der Waals surface area contributed by atoms with Gasteiger partial charge in [0.15, 0.2) is 22.0 Å². The molecule has 0 saturated heterocycles. The Balaban J connectivity index is 1.68. The second-order valence-electron chi connectivity index (χ2n) is 6.58. The summed E-state index contributed by atoms with van der Waals surface area (Å²) in [6.07, 6.45) is 0. The minimum atomic E-state index is -0.853. The second kappa shape index (κ2) is 11.2. The molecule has 4 nitrogen and oxygen atoms in total. The van der Waals surface area contributed by atoms with Crippen molar-refractivity contribution in [2.24, 2.45) is 21.5 Å². The number of benzene rings is 3. The number of nitrogens with two attached hydrogens (primary N) is 2. The van der Waals surface area contributed by atoms with Crippen LogP contribution in [0.15, 0.2) is 64.6 Å². The molecule has 172 valence electrons. The van der Waals surface area contributed by atoms with Crippen LogP contribution >= 0.6 is 23.5 Å². The number of amidine groups is 2. The van der Waals surface area contributed by atoms with Crippen LogP contribution in [0.2, 0.25) is 0 Å². The lowest BCUT2D eigenvalue weighted by molar-refractivity contribution is 0.584. The first kappa shape index (κ1) is 24.6. The third kappa shape index (κ3) is 7.22. The summed E-state index contributed by atoms with van der Waals surface area (Å²) >= 11 is 2.13. The molecule has 33 heavy (non-hydrogen) atoms. The predicted octanol–water partition coefficient (Wildman–Crippen LogP) is 6.14. The smallest absolute Gasteiger partial charge is 0.159 e. The molecule has 0 spiro atoms. The number of hydrogen-bond acceptors (Lipinski definition) is 4. The molecule has 3 aromatic rings. The monoisotopic (exact) mass is 496 g/mol. The van der Waals surface area contributed by atoms with E-state index < -0.39 is 29.1 Å². The molecule has 0 amide bonds. The van der Waals surface area contributed by atoms with Gasteiger partial charge in [0.2, 0.25) is 0 Å². The largest absolute Gasteiger partial charge is 0.378 e. The number of thioether (sulfide) groups is 2. The zero-order valence-electron chi connectivity index (χ0n) is 16.9. The van der Waals surface area contributed by atoms with E-state index in [0.717, 1.165) is 41.7 Å². The molecule has 0 fully saturated rings. The van der Waals surface area contributed by atoms with Crippen LogP contribution in [0.5, 0.6) is 0 Å². The summed E-state index contributed by atoms with van der Waals surface area (Å²) in [5.74, 6) is -3.11. The zero-order valence-corrected chi connectivity index (χ0v) is 18.5. The molecule has 4 N–H and O–H groups in total. The SMILES string of the molecule is N/C(=N\c1ccc(F)cc1F)SCc1ccc(F)cc1CS/C(N)=N/c1ccc(F)cc1F. The fraction of sp³-hybridized carbons (Fsp3) is 0.0909. The van der Waals surface area contributed by atoms with Crippen molar-refractivity contribution in [2.75, 3.05) is 0 Å². The van der Waals surface area contributed by atoms with E-state index in [1.165, 1.54) is 18.2 Å². The van der Waals surface area contributed by atoms with Crippen molar-refractivity contribution in [3.8, 4) is 0 Å². The van der Waals surface area contributed by atoms with Gasteiger partial charge in [0.25, 0.3) is 0 Å². The van der Waals surface area contributed by atoms with E-state index in [0.29, 0.717) is 23.3 Å². The van der Waals surface area contributed by atoms with Crippen molar-refractivity contribution in [2.45, 2.75) is 11.5 Å². The standard InChI is InChI=1S/C22H17F5N4S2/c23-14-2-1-12(10-32-21(28)30-19-5-3-15(24)8-17(19)26)13(7-14)11-33-22(29)31-20-6-4-16(25)9-18(20)27/h1-9H,10-11H2,(H2,28,30)(H2,29,31). The lowest BCUT2D eigenvalue weighted by atomic mass is 10.1. The highest BCUT2D eigenvalue weighted by Gasteiger charge is 2.10. The van der Waals surface area contributed by atoms with Crippen LogP contribution in [0, 0.1) is 29.1 Å². The van der Waals surface area contributed by atoms with Crippen LogP contribution in [-0.4, -0.2) is 10.3 Å². The molecule has 3 aromatic carbocycles. The minimum absolute atomic E-state index is 0.0104. The Morgan fingerprint density at radius 2 is 1.03 bits per heavy atom. The van der Waals surface area contributed by atoms with Gasteiger partial charge in [-0.3, -0.25) is 0 Å². The van der Waals surface area contributed by atoms with Gasteiger partial charge < -0.3 is 11.5 Å². The molecule has 0 aliphatic rings. The number of halogens is 5. The number of rotatable bonds is 6. The van der Waals surface area contributed by atoms with E-state index in [-0.39, 0.29) is 33.2 Å². The average Bonchev–Trinajstić information content (AvgIpc) is 2.75. The summed E-state index contributed by atoms with van der Waals surface area (Å²) in [7, 11) is 0. The summed E-state index contributed by atoms with van der Waals surface area (Å²) in [5.41, 5.74) is 12.8. The lowest BCUT2D eigenvalue weighted by Crippen LogP contribution is -2.08. The topological polar surface area (TPSA) is 76.8 Å². The molecular formula is C22H17F5N4S2. The molecule has 0 heterocycles. The first-order valence-electron chi connectivity index (χ1n) is 9.32. The maximum absolute atomic E-state index is 13.8. The van der Waals surface area contributed by atoms with Gasteiger partial charge in [-0.2, -0.15) is 0 Å². The molecule has 0 saturated carbocycles. The molecule has 0 atom stereocenters. The maximum atomic E-state index is 13.8. The van der Waals surface area contributed by atoms with Crippen LogP contribution < -0.4 is 11.5 Å². The normalized spacial score (nSPS) is 12.3. The summed E-state index contributed by atoms with van der Waals surface area (Å²) < 4.78 is 67.3. The Kier molecular flexibility index (Phi) is 8.34. The van der Waals surface area contributed by atoms with E-state index in [9.17, 15) is 22.0 Å². The fourth-order valence-electron chi connectivity index (χ4n) is 2.62. The van der Waals surface area contributed by atoms with Gasteiger partial charge in [0.1, 0.15) is 28.8 Å². The van der Waals surface area contributed by atoms with E-state index in [1.807, 2.05) is 0 Å². The molecule has 3 rings (SSSR count). The highest BCUT2D eigenvalue weighted by molar-refractivity contribution is 8.13. The van der Waals surface area contributed by atoms with Crippen molar-refractivity contribution in [1.29, 1.82) is 0 Å². The first-order valence-corrected chi connectivity index (χ1v) is 11.3. The second-order valence-corrected chi connectivity index (χ2v) is 8.57. The molecule has 0 aliphatic heterocycles. The Morgan fingerprint density at radius 3 is 1.52 bits per heavy atom. The Bertz CT molecular complexity index is 1220. The van der Waals surface area contributed by atoms with Gasteiger partial charge in [-0.1, -0.05) is 29.6 Å². The zero-order chi connectivity index (χ0) is 24.0. The first-order chi connectivity index (χ1) is 15.7. The summed E-state index contributed by atoms with van der Waals surface area (Å²) in [5, 5.41) is 0.0486. The number of nitrogens with zero attached hydrogens (tertiary/aromatic N) is 2. The summed E-state index contributed by atoms with van der Waals surface area (Å²) in [6, 6.07) is 10.0.